The monoisotopic (exact) mass is 291 g/mol. The number of dihydropyridines is 1. The van der Waals surface area contributed by atoms with Crippen LogP contribution in [0.1, 0.15) is 0 Å². The second kappa shape index (κ2) is 3.25. The fraction of sp³-hybridized carbons (Fsp3) is 0.333. The molecule has 68 valence electrons. The SMILES string of the molecule is OC1NC(C(F)(F)F)=CC=C1I. The van der Waals surface area contributed by atoms with Gasteiger partial charge in [0.15, 0.2) is 6.23 Å². The van der Waals surface area contributed by atoms with Crippen molar-refractivity contribution >= 4 is 22.6 Å². The molecule has 1 heterocycles. The first kappa shape index (κ1) is 9.85. The molecule has 6 heteroatoms. The van der Waals surface area contributed by atoms with E-state index >= 15 is 0 Å². The molecule has 0 fully saturated rings. The third-order valence-corrected chi connectivity index (χ3v) is 2.22. The number of hydrogen-bond acceptors (Lipinski definition) is 2. The van der Waals surface area contributed by atoms with Crippen molar-refractivity contribution in [3.05, 3.63) is 21.4 Å². The van der Waals surface area contributed by atoms with Gasteiger partial charge in [0.05, 0.1) is 0 Å². The van der Waals surface area contributed by atoms with Gasteiger partial charge in [-0.25, -0.2) is 0 Å². The first-order valence-electron chi connectivity index (χ1n) is 3.00. The molecule has 1 unspecified atom stereocenters. The van der Waals surface area contributed by atoms with Gasteiger partial charge < -0.3 is 10.4 Å². The van der Waals surface area contributed by atoms with E-state index in [0.29, 0.717) is 3.58 Å². The number of aliphatic hydroxyl groups excluding tert-OH is 1. The van der Waals surface area contributed by atoms with Crippen molar-refractivity contribution in [3.8, 4) is 0 Å². The summed E-state index contributed by atoms with van der Waals surface area (Å²) in [6, 6.07) is 0. The average molecular weight is 291 g/mol. The lowest BCUT2D eigenvalue weighted by Crippen LogP contribution is -2.36. The van der Waals surface area contributed by atoms with E-state index in [1.165, 1.54) is 6.08 Å². The molecule has 0 aromatic carbocycles. The van der Waals surface area contributed by atoms with Crippen molar-refractivity contribution in [2.24, 2.45) is 0 Å². The number of aliphatic hydroxyl groups is 1. The molecule has 1 aliphatic rings. The largest absolute Gasteiger partial charge is 0.430 e. The predicted octanol–water partition coefficient (Wildman–Crippen LogP) is 1.67. The van der Waals surface area contributed by atoms with Gasteiger partial charge in [0.1, 0.15) is 5.70 Å². The van der Waals surface area contributed by atoms with Crippen molar-refractivity contribution in [2.45, 2.75) is 12.4 Å². The molecule has 0 spiro atoms. The molecule has 12 heavy (non-hydrogen) atoms. The first-order valence-corrected chi connectivity index (χ1v) is 4.08. The Morgan fingerprint density at radius 2 is 2.00 bits per heavy atom. The normalized spacial score (nSPS) is 24.2. The maximum absolute atomic E-state index is 12.0. The van der Waals surface area contributed by atoms with Crippen LogP contribution in [0.2, 0.25) is 0 Å². The van der Waals surface area contributed by atoms with Crippen LogP contribution in [0.25, 0.3) is 0 Å². The summed E-state index contributed by atoms with van der Waals surface area (Å²) in [5, 5.41) is 10.9. The highest BCUT2D eigenvalue weighted by Crippen LogP contribution is 2.27. The molecule has 0 saturated carbocycles. The summed E-state index contributed by atoms with van der Waals surface area (Å²) in [6.07, 6.45) is -3.54. The molecule has 0 bridgehead atoms. The minimum Gasteiger partial charge on any atom is -0.369 e. The molecule has 1 atom stereocenters. The number of nitrogens with one attached hydrogen (secondary N) is 1. The fourth-order valence-electron chi connectivity index (χ4n) is 0.695. The summed E-state index contributed by atoms with van der Waals surface area (Å²) >= 11 is 1.76. The molecule has 0 aliphatic carbocycles. The van der Waals surface area contributed by atoms with Crippen molar-refractivity contribution < 1.29 is 18.3 Å². The quantitative estimate of drug-likeness (QED) is 0.665. The molecule has 1 rings (SSSR count). The zero-order chi connectivity index (χ0) is 9.35. The standard InChI is InChI=1S/C6H5F3INO/c7-6(8,9)4-2-1-3(10)5(12)11-4/h1-2,5,11-12H. The van der Waals surface area contributed by atoms with Gasteiger partial charge in [-0.15, -0.1) is 0 Å². The van der Waals surface area contributed by atoms with Crippen LogP contribution >= 0.6 is 22.6 Å². The van der Waals surface area contributed by atoms with E-state index in [1.54, 1.807) is 22.6 Å². The summed E-state index contributed by atoms with van der Waals surface area (Å²) < 4.78 is 36.3. The van der Waals surface area contributed by atoms with Crippen LogP contribution in [-0.2, 0) is 0 Å². The van der Waals surface area contributed by atoms with Crippen LogP contribution in [0.4, 0.5) is 13.2 Å². The van der Waals surface area contributed by atoms with Crippen LogP contribution in [0.3, 0.4) is 0 Å². The van der Waals surface area contributed by atoms with Gasteiger partial charge in [-0.1, -0.05) is 0 Å². The molecule has 2 N–H and O–H groups in total. The second-order valence-corrected chi connectivity index (χ2v) is 3.42. The lowest BCUT2D eigenvalue weighted by molar-refractivity contribution is -0.101. The minimum absolute atomic E-state index is 0.431. The van der Waals surface area contributed by atoms with E-state index in [0.717, 1.165) is 6.08 Å². The Morgan fingerprint density at radius 3 is 2.42 bits per heavy atom. The zero-order valence-electron chi connectivity index (χ0n) is 5.69. The molecule has 0 amide bonds. The van der Waals surface area contributed by atoms with Crippen LogP contribution in [0.15, 0.2) is 21.4 Å². The molecule has 0 radical (unpaired) electrons. The van der Waals surface area contributed by atoms with Gasteiger partial charge in [-0.05, 0) is 34.7 Å². The number of hydrogen-bond donors (Lipinski definition) is 2. The summed E-state index contributed by atoms with van der Waals surface area (Å²) in [5.41, 5.74) is -0.921. The predicted molar refractivity (Wildman–Crippen MR) is 45.4 cm³/mol. The number of allylic oxidation sites excluding steroid dienone is 3. The molecular weight excluding hydrogens is 286 g/mol. The highest BCUT2D eigenvalue weighted by Gasteiger charge is 2.36. The molecular formula is C6H5F3INO. The molecule has 0 aromatic rings. The summed E-state index contributed by atoms with van der Waals surface area (Å²) in [4.78, 5) is 0. The molecule has 0 saturated heterocycles. The Morgan fingerprint density at radius 1 is 1.42 bits per heavy atom. The molecule has 0 aromatic heterocycles. The van der Waals surface area contributed by atoms with Gasteiger partial charge in [0.2, 0.25) is 0 Å². The maximum atomic E-state index is 12.0. The van der Waals surface area contributed by atoms with Gasteiger partial charge in [0.25, 0.3) is 0 Å². The summed E-state index contributed by atoms with van der Waals surface area (Å²) in [5.74, 6) is 0. The first-order chi connectivity index (χ1) is 5.41. The highest BCUT2D eigenvalue weighted by atomic mass is 127. The van der Waals surface area contributed by atoms with Crippen molar-refractivity contribution in [2.75, 3.05) is 0 Å². The Hall–Kier alpha value is -0.240. The Bertz CT molecular complexity index is 246. The zero-order valence-corrected chi connectivity index (χ0v) is 7.85. The highest BCUT2D eigenvalue weighted by molar-refractivity contribution is 14.1. The maximum Gasteiger partial charge on any atom is 0.430 e. The summed E-state index contributed by atoms with van der Waals surface area (Å²) in [6.45, 7) is 0. The Balaban J connectivity index is 2.84. The van der Waals surface area contributed by atoms with Crippen LogP contribution in [-0.4, -0.2) is 17.5 Å². The van der Waals surface area contributed by atoms with E-state index < -0.39 is 18.1 Å². The topological polar surface area (TPSA) is 32.3 Å². The van der Waals surface area contributed by atoms with Crippen molar-refractivity contribution in [3.63, 3.8) is 0 Å². The van der Waals surface area contributed by atoms with E-state index in [1.807, 2.05) is 5.32 Å². The van der Waals surface area contributed by atoms with Gasteiger partial charge in [-0.2, -0.15) is 13.2 Å². The fourth-order valence-corrected chi connectivity index (χ4v) is 1.03. The second-order valence-electron chi connectivity index (χ2n) is 2.18. The van der Waals surface area contributed by atoms with Crippen LogP contribution in [0.5, 0.6) is 0 Å². The Labute approximate surface area is 80.3 Å². The summed E-state index contributed by atoms with van der Waals surface area (Å²) in [7, 11) is 0. The lowest BCUT2D eigenvalue weighted by Gasteiger charge is -2.21. The smallest absolute Gasteiger partial charge is 0.369 e. The number of alkyl halides is 3. The molecule has 1 aliphatic heterocycles. The third-order valence-electron chi connectivity index (χ3n) is 1.27. The van der Waals surface area contributed by atoms with Crippen LogP contribution in [0, 0.1) is 0 Å². The van der Waals surface area contributed by atoms with E-state index in [2.05, 4.69) is 0 Å². The molecule has 2 nitrogen and oxygen atoms in total. The lowest BCUT2D eigenvalue weighted by atomic mass is 10.2. The van der Waals surface area contributed by atoms with E-state index in [4.69, 9.17) is 5.11 Å². The number of rotatable bonds is 0. The third kappa shape index (κ3) is 2.13. The van der Waals surface area contributed by atoms with Gasteiger partial charge in [-0.3, -0.25) is 0 Å². The van der Waals surface area contributed by atoms with E-state index in [-0.39, 0.29) is 0 Å². The average Bonchev–Trinajstić information content (AvgIpc) is 1.92. The van der Waals surface area contributed by atoms with Crippen molar-refractivity contribution in [1.29, 1.82) is 0 Å². The Kier molecular flexibility index (Phi) is 2.67. The van der Waals surface area contributed by atoms with Crippen molar-refractivity contribution in [1.82, 2.24) is 5.32 Å². The number of halogens is 4. The van der Waals surface area contributed by atoms with Gasteiger partial charge >= 0.3 is 6.18 Å². The van der Waals surface area contributed by atoms with Crippen LogP contribution < -0.4 is 5.32 Å². The van der Waals surface area contributed by atoms with E-state index in [9.17, 15) is 13.2 Å². The minimum atomic E-state index is -4.42. The van der Waals surface area contributed by atoms with Gasteiger partial charge in [0, 0.05) is 3.58 Å².